The van der Waals surface area contributed by atoms with Crippen molar-refractivity contribution in [2.75, 3.05) is 32.1 Å². The van der Waals surface area contributed by atoms with E-state index in [1.807, 2.05) is 20.1 Å². The van der Waals surface area contributed by atoms with Gasteiger partial charge >= 0.3 is 5.97 Å². The lowest BCUT2D eigenvalue weighted by atomic mass is 9.88. The summed E-state index contributed by atoms with van der Waals surface area (Å²) in [4.78, 5) is 134. The SMILES string of the molecule is CN[C@@H](CCSC)C(=O)C[C@H](C(=O)N[C@H](CC(=O)O)C(=O)C[C@@H](CCCCN)C(=O)N[C@@H](Cc1ccc(O)cc1)C(=O)C[C@@H](CCCN=C(N)N)C(=O)N[C@@H](CC(C)C)C(=O)C[C@@H](Cc1cnc[nH]1)C(N)=O)[C@@H](C)O. The monoisotopic (exact) mass is 1070 g/mol. The van der Waals surface area contributed by atoms with Crippen molar-refractivity contribution in [3.63, 3.8) is 0 Å². The first-order valence-electron chi connectivity index (χ1n) is 25.4. The molecule has 0 fully saturated rings. The fourth-order valence-corrected chi connectivity index (χ4v) is 8.97. The van der Waals surface area contributed by atoms with E-state index in [-0.39, 0.29) is 81.4 Å². The van der Waals surface area contributed by atoms with Crippen molar-refractivity contribution in [3.05, 3.63) is 48.0 Å². The first kappa shape index (κ1) is 64.9. The van der Waals surface area contributed by atoms with Gasteiger partial charge in [0, 0.05) is 62.4 Å². The number of likely N-dealkylation sites (N-methyl/N-ethyl adjacent to an activating group) is 1. The van der Waals surface area contributed by atoms with E-state index in [0.29, 0.717) is 36.3 Å². The molecule has 0 saturated carbocycles. The fraction of sp³-hybridized carbons (Fsp3) is 0.627. The largest absolute Gasteiger partial charge is 0.508 e. The number of aromatic nitrogens is 2. The number of phenols is 1. The average molecular weight is 1070 g/mol. The molecule has 16 N–H and O–H groups in total. The van der Waals surface area contributed by atoms with Crippen LogP contribution in [0, 0.1) is 29.6 Å². The number of nitrogens with two attached hydrogens (primary N) is 4. The summed E-state index contributed by atoms with van der Waals surface area (Å²) in [5, 5.41) is 41.4. The van der Waals surface area contributed by atoms with Crippen molar-refractivity contribution >= 4 is 70.5 Å². The molecule has 0 aliphatic rings. The standard InChI is InChI=1S/C51H81N11O12S/c1-29(2)19-39(44(67)24-34(47(53)71)21-35-27-57-28-59-35)60-49(73)33(10-8-17-58-51(54)55)23-42(65)40(20-31-11-13-36(64)14-12-31)61-48(72)32(9-6-7-16-52)22-43(66)41(26-46(69)70)62-50(74)37(30(3)63)25-45(68)38(56-4)15-18-75-5/h11-14,27-30,32-34,37-41,56,63-64H,6-10,15-26,52H2,1-5H3,(H2,53,71)(H,57,59)(H,60,73)(H,61,72)(H,62,74)(H,69,70)(H4,54,55,58)/t30-,32-,33-,34-,37+,38+,39+,40+,41-/m1/s1. The number of ketones is 4. The number of rotatable bonds is 40. The second-order valence-electron chi connectivity index (χ2n) is 19.4. The van der Waals surface area contributed by atoms with E-state index < -0.39 is 127 Å². The lowest BCUT2D eigenvalue weighted by molar-refractivity contribution is -0.142. The highest BCUT2D eigenvalue weighted by Gasteiger charge is 2.37. The van der Waals surface area contributed by atoms with Gasteiger partial charge in [0.05, 0.1) is 54.9 Å². The van der Waals surface area contributed by atoms with Crippen molar-refractivity contribution < 1.29 is 58.5 Å². The number of carbonyl (C=O) groups is 9. The minimum absolute atomic E-state index is 0.0472. The third-order valence-electron chi connectivity index (χ3n) is 12.8. The Balaban J connectivity index is 2.53. The zero-order valence-corrected chi connectivity index (χ0v) is 44.7. The van der Waals surface area contributed by atoms with Crippen LogP contribution in [0.3, 0.4) is 0 Å². The first-order valence-corrected chi connectivity index (χ1v) is 26.8. The second-order valence-corrected chi connectivity index (χ2v) is 20.4. The van der Waals surface area contributed by atoms with Crippen LogP contribution in [0.1, 0.15) is 109 Å². The summed E-state index contributed by atoms with van der Waals surface area (Å²) in [5.41, 5.74) is 23.7. The van der Waals surface area contributed by atoms with Gasteiger partial charge in [0.25, 0.3) is 0 Å². The molecule has 0 spiro atoms. The van der Waals surface area contributed by atoms with E-state index in [1.54, 1.807) is 7.05 Å². The van der Waals surface area contributed by atoms with E-state index in [4.69, 9.17) is 22.9 Å². The third-order valence-corrected chi connectivity index (χ3v) is 13.4. The highest BCUT2D eigenvalue weighted by Crippen LogP contribution is 2.23. The number of benzene rings is 1. The summed E-state index contributed by atoms with van der Waals surface area (Å²) in [6.07, 6.45) is 2.49. The van der Waals surface area contributed by atoms with E-state index in [2.05, 4.69) is 36.2 Å². The van der Waals surface area contributed by atoms with Crippen LogP contribution in [-0.2, 0) is 56.0 Å². The Kier molecular flexibility index (Phi) is 29.7. The van der Waals surface area contributed by atoms with Crippen molar-refractivity contribution in [3.8, 4) is 5.75 Å². The zero-order valence-electron chi connectivity index (χ0n) is 43.9. The van der Waals surface area contributed by atoms with Gasteiger partial charge in [0.2, 0.25) is 23.6 Å². The molecule has 1 aromatic heterocycles. The number of thioether (sulfide) groups is 1. The minimum atomic E-state index is -1.68. The number of carboxylic acids is 1. The van der Waals surface area contributed by atoms with Crippen LogP contribution in [0.2, 0.25) is 0 Å². The number of amides is 4. The van der Waals surface area contributed by atoms with E-state index in [1.165, 1.54) is 55.5 Å². The number of unbranched alkanes of at least 4 members (excludes halogenated alkanes) is 1. The highest BCUT2D eigenvalue weighted by molar-refractivity contribution is 7.98. The molecule has 2 rings (SSSR count). The molecule has 23 nitrogen and oxygen atoms in total. The van der Waals surface area contributed by atoms with Gasteiger partial charge in [0.15, 0.2) is 29.1 Å². The molecule has 1 aromatic carbocycles. The lowest BCUT2D eigenvalue weighted by Crippen LogP contribution is -2.50. The Morgan fingerprint density at radius 2 is 1.27 bits per heavy atom. The van der Waals surface area contributed by atoms with Gasteiger partial charge in [-0.05, 0) is 101 Å². The normalized spacial score (nSPS) is 14.9. The molecule has 0 bridgehead atoms. The highest BCUT2D eigenvalue weighted by atomic mass is 32.2. The molecule has 2 aromatic rings. The number of hydrogen-bond donors (Lipinski definition) is 12. The summed E-state index contributed by atoms with van der Waals surface area (Å²) < 4.78 is 0. The number of nitrogens with zero attached hydrogens (tertiary/aromatic N) is 2. The van der Waals surface area contributed by atoms with Crippen molar-refractivity contribution in [1.82, 2.24) is 31.2 Å². The number of primary amides is 1. The van der Waals surface area contributed by atoms with Gasteiger partial charge in [-0.3, -0.25) is 48.1 Å². The van der Waals surface area contributed by atoms with E-state index in [0.717, 1.165) is 0 Å². The van der Waals surface area contributed by atoms with Crippen molar-refractivity contribution in [1.29, 1.82) is 0 Å². The number of aliphatic imine (C=N–C) groups is 1. The number of nitrogens with one attached hydrogen (secondary N) is 5. The van der Waals surface area contributed by atoms with Gasteiger partial charge in [-0.25, -0.2) is 4.98 Å². The maximum Gasteiger partial charge on any atom is 0.305 e. The third kappa shape index (κ3) is 24.8. The van der Waals surface area contributed by atoms with Crippen molar-refractivity contribution in [2.24, 2.45) is 57.5 Å². The molecule has 0 unspecified atom stereocenters. The maximum absolute atomic E-state index is 14.7. The Morgan fingerprint density at radius 1 is 0.707 bits per heavy atom. The lowest BCUT2D eigenvalue weighted by Gasteiger charge is -2.27. The Bertz CT molecular complexity index is 2190. The predicted octanol–water partition coefficient (Wildman–Crippen LogP) is 0.567. The smallest absolute Gasteiger partial charge is 0.305 e. The van der Waals surface area contributed by atoms with E-state index >= 15 is 0 Å². The Hall–Kier alpha value is -6.24. The molecule has 0 aliphatic heterocycles. The fourth-order valence-electron chi connectivity index (χ4n) is 8.50. The average Bonchev–Trinajstić information content (AvgIpc) is 3.86. The number of imidazole rings is 1. The van der Waals surface area contributed by atoms with Crippen molar-refractivity contribution in [2.45, 2.75) is 141 Å². The number of hydrogen-bond acceptors (Lipinski definition) is 16. The molecule has 4 amide bonds. The van der Waals surface area contributed by atoms with Crippen LogP contribution in [0.15, 0.2) is 41.8 Å². The molecule has 9 atom stereocenters. The number of Topliss-reactive ketones (excluding diaryl/α,β-unsaturated/α-hetero) is 4. The van der Waals surface area contributed by atoms with Gasteiger partial charge in [0.1, 0.15) is 5.75 Å². The van der Waals surface area contributed by atoms with Gasteiger partial charge in [-0.1, -0.05) is 32.4 Å². The van der Waals surface area contributed by atoms with Crippen LogP contribution in [-0.4, -0.2) is 146 Å². The van der Waals surface area contributed by atoms with Crippen LogP contribution in [0.25, 0.3) is 0 Å². The van der Waals surface area contributed by atoms with Gasteiger partial charge < -0.3 is 64.5 Å². The number of aliphatic hydroxyl groups excluding tert-OH is 1. The summed E-state index contributed by atoms with van der Waals surface area (Å²) in [6.45, 7) is 5.32. The first-order chi connectivity index (χ1) is 35.5. The van der Waals surface area contributed by atoms with E-state index in [9.17, 15) is 58.5 Å². The van der Waals surface area contributed by atoms with Gasteiger partial charge in [-0.2, -0.15) is 11.8 Å². The number of carbonyl (C=O) groups excluding carboxylic acids is 8. The minimum Gasteiger partial charge on any atom is -0.508 e. The number of H-pyrrole nitrogens is 1. The molecular weight excluding hydrogens is 991 g/mol. The van der Waals surface area contributed by atoms with Crippen LogP contribution in [0.4, 0.5) is 0 Å². The molecule has 1 heterocycles. The maximum atomic E-state index is 14.7. The summed E-state index contributed by atoms with van der Waals surface area (Å²) in [5.74, 6) is -11.1. The second kappa shape index (κ2) is 34.4. The molecule has 418 valence electrons. The Labute approximate surface area is 443 Å². The zero-order chi connectivity index (χ0) is 56.2. The molecule has 0 radical (unpaired) electrons. The number of aromatic amines is 1. The predicted molar refractivity (Wildman–Crippen MR) is 284 cm³/mol. The molecule has 0 aliphatic carbocycles. The number of aromatic hydroxyl groups is 1. The number of guanidine groups is 1. The van der Waals surface area contributed by atoms with Gasteiger partial charge in [-0.15, -0.1) is 0 Å². The molecule has 75 heavy (non-hydrogen) atoms. The summed E-state index contributed by atoms with van der Waals surface area (Å²) >= 11 is 1.52. The molecule has 0 saturated heterocycles. The topological polar surface area (TPSA) is 408 Å². The van der Waals surface area contributed by atoms with Crippen LogP contribution in [0.5, 0.6) is 5.75 Å². The Morgan fingerprint density at radius 3 is 1.79 bits per heavy atom. The number of phenolic OH excluding ortho intramolecular Hbond substituents is 1. The molecular formula is C51H81N11O12S. The quantitative estimate of drug-likeness (QED) is 0.0246. The number of carboxylic acid groups (broad SMARTS) is 1. The molecule has 24 heteroatoms. The van der Waals surface area contributed by atoms with Crippen LogP contribution >= 0.6 is 11.8 Å². The summed E-state index contributed by atoms with van der Waals surface area (Å²) in [7, 11) is 1.59. The number of aliphatic hydroxyl groups is 1. The number of aliphatic carboxylic acids is 1. The summed E-state index contributed by atoms with van der Waals surface area (Å²) in [6, 6.07) is 1.12. The van der Waals surface area contributed by atoms with Crippen LogP contribution < -0.4 is 44.2 Å².